The van der Waals surface area contributed by atoms with Crippen molar-refractivity contribution in [1.29, 1.82) is 0 Å². The third-order valence-corrected chi connectivity index (χ3v) is 3.90. The van der Waals surface area contributed by atoms with Gasteiger partial charge in [0.25, 0.3) is 0 Å². The minimum atomic E-state index is -1.42. The number of carbonyl (C=O) groups is 1. The molecule has 0 aromatic heterocycles. The smallest absolute Gasteiger partial charge is 0.177 e. The molecule has 2 atom stereocenters. The Morgan fingerprint density at radius 1 is 0.826 bits per heavy atom. The summed E-state index contributed by atoms with van der Waals surface area (Å²) in [7, 11) is 0. The summed E-state index contributed by atoms with van der Waals surface area (Å²) >= 11 is 0. The summed E-state index contributed by atoms with van der Waals surface area (Å²) in [5, 5.41) is 48.6. The molecule has 0 radical (unpaired) electrons. The van der Waals surface area contributed by atoms with Crippen molar-refractivity contribution in [3.05, 3.63) is 59.4 Å². The largest absolute Gasteiger partial charge is 0.509 e. The maximum atomic E-state index is 12.6. The second-order valence-corrected chi connectivity index (χ2v) is 5.34. The minimum absolute atomic E-state index is 0.0227. The van der Waals surface area contributed by atoms with Gasteiger partial charge in [-0.15, -0.1) is 0 Å². The Hall–Kier alpha value is -2.99. The lowest BCUT2D eigenvalue weighted by molar-refractivity contribution is -0.115. The fraction of sp³-hybridized carbons (Fsp3) is 0.118. The number of hydrogen-bond acceptors (Lipinski definition) is 6. The van der Waals surface area contributed by atoms with Crippen LogP contribution in [0.4, 0.5) is 0 Å². The van der Waals surface area contributed by atoms with Gasteiger partial charge < -0.3 is 25.5 Å². The molecule has 1 aliphatic rings. The molecule has 1 aliphatic carbocycles. The molecule has 0 amide bonds. The zero-order chi connectivity index (χ0) is 16.7. The highest BCUT2D eigenvalue weighted by molar-refractivity contribution is 6.27. The fourth-order valence-electron chi connectivity index (χ4n) is 2.72. The Balaban J connectivity index is 2.03. The zero-order valence-corrected chi connectivity index (χ0v) is 11.8. The number of phenols is 3. The average molecular weight is 314 g/mol. The van der Waals surface area contributed by atoms with Crippen molar-refractivity contribution in [3.8, 4) is 17.2 Å². The maximum Gasteiger partial charge on any atom is 0.177 e. The van der Waals surface area contributed by atoms with Crippen molar-refractivity contribution in [2.45, 2.75) is 12.0 Å². The molecular weight excluding hydrogens is 300 g/mol. The van der Waals surface area contributed by atoms with Crippen LogP contribution in [0.5, 0.6) is 17.2 Å². The number of carbonyl (C=O) groups excluding carboxylic acids is 1. The Morgan fingerprint density at radius 3 is 2.09 bits per heavy atom. The van der Waals surface area contributed by atoms with Crippen molar-refractivity contribution in [2.75, 3.05) is 0 Å². The number of aromatic hydroxyl groups is 3. The summed E-state index contributed by atoms with van der Waals surface area (Å²) in [6.45, 7) is 0. The molecule has 0 bridgehead atoms. The molecule has 5 N–H and O–H groups in total. The van der Waals surface area contributed by atoms with Gasteiger partial charge in [-0.05, 0) is 35.4 Å². The normalized spacial score (nSPS) is 21.0. The van der Waals surface area contributed by atoms with E-state index in [0.29, 0.717) is 5.56 Å². The number of Topliss-reactive ketones (excluding diaryl/α,β-unsaturated/α-hetero) is 1. The predicted octanol–water partition coefficient (Wildman–Crippen LogP) is 1.80. The number of ketones is 1. The van der Waals surface area contributed by atoms with Crippen LogP contribution in [0.2, 0.25) is 0 Å². The molecule has 0 aliphatic heterocycles. The fourth-order valence-corrected chi connectivity index (χ4v) is 2.72. The van der Waals surface area contributed by atoms with E-state index in [2.05, 4.69) is 0 Å². The topological polar surface area (TPSA) is 118 Å². The van der Waals surface area contributed by atoms with Crippen molar-refractivity contribution in [2.24, 2.45) is 0 Å². The first kappa shape index (κ1) is 14.9. The van der Waals surface area contributed by atoms with Gasteiger partial charge in [0, 0.05) is 0 Å². The highest BCUT2D eigenvalue weighted by atomic mass is 16.3. The lowest BCUT2D eigenvalue weighted by atomic mass is 9.91. The molecule has 2 aromatic rings. The van der Waals surface area contributed by atoms with Crippen LogP contribution in [0.15, 0.2) is 48.2 Å². The molecule has 2 unspecified atom stereocenters. The zero-order valence-electron chi connectivity index (χ0n) is 11.8. The van der Waals surface area contributed by atoms with E-state index in [-0.39, 0.29) is 22.6 Å². The SMILES string of the molecule is O=C1C(c2ccc(O)c(O)c2)=C(O)C(O)C1c1ccc(O)cc1. The molecule has 6 nitrogen and oxygen atoms in total. The van der Waals surface area contributed by atoms with Crippen LogP contribution in [0.3, 0.4) is 0 Å². The van der Waals surface area contributed by atoms with Gasteiger partial charge in [-0.3, -0.25) is 4.79 Å². The second kappa shape index (κ2) is 5.33. The number of hydrogen-bond donors (Lipinski definition) is 5. The first-order valence-corrected chi connectivity index (χ1v) is 6.87. The summed E-state index contributed by atoms with van der Waals surface area (Å²) in [5.74, 6) is -2.76. The standard InChI is InChI=1S/C17H14O6/c18-10-4-1-8(2-5-10)13-15(21)14(17(23)16(13)22)9-3-6-11(19)12(20)7-9/h1-7,13,16,18-20,22-23H. The van der Waals surface area contributed by atoms with Gasteiger partial charge in [-0.2, -0.15) is 0 Å². The summed E-state index contributed by atoms with van der Waals surface area (Å²) in [6.07, 6.45) is -1.42. The summed E-state index contributed by atoms with van der Waals surface area (Å²) in [5.41, 5.74) is 0.541. The van der Waals surface area contributed by atoms with Gasteiger partial charge in [0.15, 0.2) is 17.3 Å². The van der Waals surface area contributed by atoms with Gasteiger partial charge in [0.2, 0.25) is 0 Å². The van der Waals surface area contributed by atoms with Gasteiger partial charge in [0.1, 0.15) is 17.6 Å². The molecule has 0 heterocycles. The van der Waals surface area contributed by atoms with Gasteiger partial charge >= 0.3 is 0 Å². The van der Waals surface area contributed by atoms with E-state index in [0.717, 1.165) is 6.07 Å². The maximum absolute atomic E-state index is 12.6. The van der Waals surface area contributed by atoms with E-state index in [4.69, 9.17) is 0 Å². The monoisotopic (exact) mass is 314 g/mol. The summed E-state index contributed by atoms with van der Waals surface area (Å²) in [6, 6.07) is 9.46. The number of aliphatic hydroxyl groups excluding tert-OH is 2. The number of phenolic OH excluding ortho intramolecular Hbond substituents is 3. The molecule has 0 saturated carbocycles. The Morgan fingerprint density at radius 2 is 1.48 bits per heavy atom. The Labute approximate surface area is 131 Å². The quantitative estimate of drug-likeness (QED) is 0.539. The number of aliphatic hydroxyl groups is 2. The van der Waals surface area contributed by atoms with Gasteiger partial charge in [0.05, 0.1) is 11.5 Å². The Bertz CT molecular complexity index is 806. The minimum Gasteiger partial charge on any atom is -0.509 e. The molecule has 3 rings (SSSR count). The number of allylic oxidation sites excluding steroid dienone is 1. The van der Waals surface area contributed by atoms with Crippen LogP contribution >= 0.6 is 0 Å². The van der Waals surface area contributed by atoms with Crippen LogP contribution in [-0.2, 0) is 4.79 Å². The molecule has 2 aromatic carbocycles. The Kier molecular flexibility index (Phi) is 3.46. The predicted molar refractivity (Wildman–Crippen MR) is 81.2 cm³/mol. The lowest BCUT2D eigenvalue weighted by Gasteiger charge is -2.14. The van der Waals surface area contributed by atoms with E-state index in [1.165, 1.54) is 36.4 Å². The van der Waals surface area contributed by atoms with Crippen LogP contribution in [0, 0.1) is 0 Å². The molecule has 6 heteroatoms. The molecule has 23 heavy (non-hydrogen) atoms. The summed E-state index contributed by atoms with van der Waals surface area (Å²) < 4.78 is 0. The third-order valence-electron chi connectivity index (χ3n) is 3.90. The van der Waals surface area contributed by atoms with E-state index >= 15 is 0 Å². The van der Waals surface area contributed by atoms with Crippen molar-refractivity contribution >= 4 is 11.4 Å². The first-order chi connectivity index (χ1) is 10.9. The van der Waals surface area contributed by atoms with Crippen molar-refractivity contribution < 1.29 is 30.3 Å². The lowest BCUT2D eigenvalue weighted by Crippen LogP contribution is -2.20. The third kappa shape index (κ3) is 2.39. The highest BCUT2D eigenvalue weighted by Crippen LogP contribution is 2.41. The summed E-state index contributed by atoms with van der Waals surface area (Å²) in [4.78, 5) is 12.6. The van der Waals surface area contributed by atoms with E-state index < -0.39 is 29.3 Å². The highest BCUT2D eigenvalue weighted by Gasteiger charge is 2.42. The first-order valence-electron chi connectivity index (χ1n) is 6.87. The van der Waals surface area contributed by atoms with E-state index in [1.54, 1.807) is 0 Å². The van der Waals surface area contributed by atoms with E-state index in [1.807, 2.05) is 0 Å². The molecule has 0 spiro atoms. The van der Waals surface area contributed by atoms with Crippen LogP contribution in [0.1, 0.15) is 17.0 Å². The molecule has 0 saturated heterocycles. The second-order valence-electron chi connectivity index (χ2n) is 5.34. The van der Waals surface area contributed by atoms with Crippen molar-refractivity contribution in [1.82, 2.24) is 0 Å². The molecule has 118 valence electrons. The van der Waals surface area contributed by atoms with Gasteiger partial charge in [-0.1, -0.05) is 18.2 Å². The number of rotatable bonds is 2. The molecular formula is C17H14O6. The van der Waals surface area contributed by atoms with Crippen LogP contribution < -0.4 is 0 Å². The van der Waals surface area contributed by atoms with E-state index in [9.17, 15) is 30.3 Å². The van der Waals surface area contributed by atoms with Crippen LogP contribution in [-0.4, -0.2) is 37.4 Å². The molecule has 0 fully saturated rings. The van der Waals surface area contributed by atoms with Gasteiger partial charge in [-0.25, -0.2) is 0 Å². The average Bonchev–Trinajstić information content (AvgIpc) is 2.74. The van der Waals surface area contributed by atoms with Crippen LogP contribution in [0.25, 0.3) is 5.57 Å². The van der Waals surface area contributed by atoms with Crippen molar-refractivity contribution in [3.63, 3.8) is 0 Å². The number of benzene rings is 2.